The molecule has 5 atom stereocenters. The van der Waals surface area contributed by atoms with Crippen LogP contribution in [0.3, 0.4) is 0 Å². The molecule has 1 amide bonds. The first-order valence-corrected chi connectivity index (χ1v) is 33.3. The standard InChI is InChI=1S/C65H99NO13S2/c1-6-9-12-15-16-18-28-48(27-17-13-10-7-2)45-76-57(69)36-26-37-58(70)78-47-64(4,5)61(62(73)66-42-39-59(71)77-46-55-53-33-23-21-31-51(53)52-32-22-24-34-54(52)55)65(63(74)75,41-38-56(67)68)44-49(29-19-14-11-8-3)79-60(72)35-25-20-30-50-40-43-80-81-50/h21-24,31-34,48-50,55,61H,6-20,25-30,35-47H2,1-5H3,(H,66,73)(H,67,68)(H,74,75). The van der Waals surface area contributed by atoms with Gasteiger partial charge in [0, 0.05) is 61.0 Å². The van der Waals surface area contributed by atoms with Gasteiger partial charge in [0.25, 0.3) is 0 Å². The lowest BCUT2D eigenvalue weighted by atomic mass is 9.58. The average molecular weight is 1170 g/mol. The van der Waals surface area contributed by atoms with E-state index < -0.39 is 84.0 Å². The maximum atomic E-state index is 15.0. The van der Waals surface area contributed by atoms with Gasteiger partial charge in [0.2, 0.25) is 5.91 Å². The highest BCUT2D eigenvalue weighted by molar-refractivity contribution is 8.77. The molecule has 5 unspecified atom stereocenters. The molecule has 81 heavy (non-hydrogen) atoms. The molecule has 1 fully saturated rings. The summed E-state index contributed by atoms with van der Waals surface area (Å²) in [6.07, 6.45) is 18.2. The molecule has 2 aliphatic rings. The lowest BCUT2D eigenvalue weighted by molar-refractivity contribution is -0.175. The van der Waals surface area contributed by atoms with Crippen molar-refractivity contribution >= 4 is 63.3 Å². The molecule has 1 heterocycles. The van der Waals surface area contributed by atoms with Crippen LogP contribution in [0.2, 0.25) is 0 Å². The summed E-state index contributed by atoms with van der Waals surface area (Å²) in [7, 11) is 3.74. The molecule has 0 saturated carbocycles. The van der Waals surface area contributed by atoms with Crippen molar-refractivity contribution in [3.05, 3.63) is 59.7 Å². The number of hydrogen-bond donors (Lipinski definition) is 3. The Morgan fingerprint density at radius 2 is 1.19 bits per heavy atom. The molecule has 1 aliphatic carbocycles. The van der Waals surface area contributed by atoms with E-state index in [1.807, 2.05) is 70.1 Å². The Balaban J connectivity index is 1.51. The van der Waals surface area contributed by atoms with Crippen molar-refractivity contribution in [1.82, 2.24) is 5.32 Å². The fourth-order valence-electron chi connectivity index (χ4n) is 11.8. The maximum Gasteiger partial charge on any atom is 0.310 e. The van der Waals surface area contributed by atoms with Crippen molar-refractivity contribution in [2.45, 2.75) is 238 Å². The summed E-state index contributed by atoms with van der Waals surface area (Å²) in [4.78, 5) is 95.3. The van der Waals surface area contributed by atoms with E-state index in [9.17, 15) is 39.0 Å². The lowest BCUT2D eigenvalue weighted by Gasteiger charge is -2.45. The topological polar surface area (TPSA) is 209 Å². The van der Waals surface area contributed by atoms with Gasteiger partial charge in [0.15, 0.2) is 0 Å². The zero-order valence-corrected chi connectivity index (χ0v) is 51.4. The van der Waals surface area contributed by atoms with Gasteiger partial charge < -0.3 is 34.5 Å². The molecule has 1 aliphatic heterocycles. The molecule has 0 aromatic heterocycles. The number of hydrogen-bond acceptors (Lipinski definition) is 13. The number of esters is 4. The quantitative estimate of drug-likeness (QED) is 0.0244. The molecule has 3 N–H and O–H groups in total. The Morgan fingerprint density at radius 3 is 1.78 bits per heavy atom. The van der Waals surface area contributed by atoms with Gasteiger partial charge in [0.05, 0.1) is 31.0 Å². The molecular weight excluding hydrogens is 1070 g/mol. The van der Waals surface area contributed by atoms with Crippen LogP contribution in [-0.2, 0) is 52.5 Å². The lowest BCUT2D eigenvalue weighted by Crippen LogP contribution is -2.56. The normalized spacial score (nSPS) is 15.8. The zero-order valence-electron chi connectivity index (χ0n) is 49.7. The van der Waals surface area contributed by atoms with Gasteiger partial charge in [-0.15, -0.1) is 0 Å². The predicted molar refractivity (Wildman–Crippen MR) is 323 cm³/mol. The van der Waals surface area contributed by atoms with Crippen molar-refractivity contribution in [3.8, 4) is 11.1 Å². The molecule has 14 nitrogen and oxygen atoms in total. The number of benzene rings is 2. The van der Waals surface area contributed by atoms with Crippen molar-refractivity contribution in [2.75, 3.05) is 32.1 Å². The molecule has 0 spiro atoms. The van der Waals surface area contributed by atoms with Gasteiger partial charge in [-0.25, -0.2) is 0 Å². The molecule has 0 radical (unpaired) electrons. The molecule has 2 aromatic carbocycles. The molecule has 0 bridgehead atoms. The average Bonchev–Trinajstić information content (AvgIpc) is 4.14. The Hall–Kier alpha value is -4.57. The third kappa shape index (κ3) is 24.7. The number of carbonyl (C=O) groups is 7. The van der Waals surface area contributed by atoms with E-state index in [1.165, 1.54) is 38.5 Å². The van der Waals surface area contributed by atoms with E-state index >= 15 is 4.79 Å². The number of aliphatic carboxylic acids is 2. The van der Waals surface area contributed by atoms with E-state index in [1.54, 1.807) is 13.8 Å². The molecule has 16 heteroatoms. The van der Waals surface area contributed by atoms with Gasteiger partial charge in [-0.1, -0.05) is 195 Å². The summed E-state index contributed by atoms with van der Waals surface area (Å²) in [5, 5.41) is 25.0. The molecule has 2 aromatic rings. The highest BCUT2D eigenvalue weighted by Gasteiger charge is 2.57. The predicted octanol–water partition coefficient (Wildman–Crippen LogP) is 15.0. The minimum Gasteiger partial charge on any atom is -0.481 e. The van der Waals surface area contributed by atoms with Crippen LogP contribution in [0.15, 0.2) is 48.5 Å². The van der Waals surface area contributed by atoms with Gasteiger partial charge in [-0.05, 0) is 86.0 Å². The van der Waals surface area contributed by atoms with Crippen LogP contribution in [0.25, 0.3) is 11.1 Å². The highest BCUT2D eigenvalue weighted by atomic mass is 33.1. The highest BCUT2D eigenvalue weighted by Crippen LogP contribution is 2.49. The monoisotopic (exact) mass is 1170 g/mol. The van der Waals surface area contributed by atoms with Crippen molar-refractivity contribution in [1.29, 1.82) is 0 Å². The summed E-state index contributed by atoms with van der Waals surface area (Å²) < 4.78 is 23.6. The summed E-state index contributed by atoms with van der Waals surface area (Å²) in [6.45, 7) is 9.38. The van der Waals surface area contributed by atoms with Gasteiger partial charge in [-0.2, -0.15) is 0 Å². The summed E-state index contributed by atoms with van der Waals surface area (Å²) in [5.41, 5.74) is 0.579. The van der Waals surface area contributed by atoms with E-state index in [2.05, 4.69) is 26.1 Å². The molecule has 454 valence electrons. The van der Waals surface area contributed by atoms with E-state index in [0.29, 0.717) is 24.7 Å². The number of amides is 1. The number of nitrogens with one attached hydrogen (secondary N) is 1. The Morgan fingerprint density at radius 1 is 0.630 bits per heavy atom. The van der Waals surface area contributed by atoms with E-state index in [4.69, 9.17) is 18.9 Å². The fraction of sp³-hybridized carbons (Fsp3) is 0.708. The second-order valence-corrected chi connectivity index (χ2v) is 26.2. The van der Waals surface area contributed by atoms with Crippen LogP contribution in [0, 0.1) is 22.7 Å². The third-order valence-corrected chi connectivity index (χ3v) is 19.2. The number of ether oxygens (including phenoxy) is 4. The van der Waals surface area contributed by atoms with Crippen LogP contribution in [0.1, 0.15) is 238 Å². The Labute approximate surface area is 492 Å². The van der Waals surface area contributed by atoms with Crippen molar-refractivity contribution in [2.24, 2.45) is 22.7 Å². The largest absolute Gasteiger partial charge is 0.481 e. The molecule has 4 rings (SSSR count). The van der Waals surface area contributed by atoms with Crippen LogP contribution in [-0.4, -0.2) is 95.4 Å². The Kier molecular flexibility index (Phi) is 32.6. The van der Waals surface area contributed by atoms with Gasteiger partial charge in [-0.3, -0.25) is 33.6 Å². The molecule has 1 saturated heterocycles. The van der Waals surface area contributed by atoms with E-state index in [0.717, 1.165) is 105 Å². The van der Waals surface area contributed by atoms with Crippen LogP contribution >= 0.6 is 21.6 Å². The third-order valence-electron chi connectivity index (χ3n) is 16.2. The number of unbranched alkanes of at least 4 members (excludes halogenated alkanes) is 12. The second kappa shape index (κ2) is 38.3. The number of fused-ring (bicyclic) bond motifs is 3. The smallest absolute Gasteiger partial charge is 0.310 e. The van der Waals surface area contributed by atoms with Gasteiger partial charge in [0.1, 0.15) is 12.7 Å². The maximum absolute atomic E-state index is 15.0. The first kappa shape index (κ1) is 68.9. The number of carbonyl (C=O) groups excluding carboxylic acids is 5. The van der Waals surface area contributed by atoms with Crippen LogP contribution in [0.4, 0.5) is 0 Å². The second-order valence-electron chi connectivity index (χ2n) is 23.4. The van der Waals surface area contributed by atoms with Crippen LogP contribution in [0.5, 0.6) is 0 Å². The number of carboxylic acid groups (broad SMARTS) is 2. The molecular formula is C65H99NO13S2. The summed E-state index contributed by atoms with van der Waals surface area (Å²) >= 11 is 0. The minimum absolute atomic E-state index is 0.00119. The van der Waals surface area contributed by atoms with E-state index in [-0.39, 0.29) is 69.9 Å². The Bertz CT molecular complexity index is 2190. The fourth-order valence-corrected chi connectivity index (χ4v) is 14.8. The first-order chi connectivity index (χ1) is 39.0. The summed E-state index contributed by atoms with van der Waals surface area (Å²) in [5.74, 6) is -6.04. The minimum atomic E-state index is -2.16. The zero-order chi connectivity index (χ0) is 58.9. The van der Waals surface area contributed by atoms with Crippen molar-refractivity contribution < 1.29 is 62.7 Å². The van der Waals surface area contributed by atoms with Crippen molar-refractivity contribution in [3.63, 3.8) is 0 Å². The number of rotatable bonds is 45. The van der Waals surface area contributed by atoms with Gasteiger partial charge >= 0.3 is 35.8 Å². The number of carboxylic acids is 2. The van der Waals surface area contributed by atoms with Crippen LogP contribution < -0.4 is 5.32 Å². The SMILES string of the molecule is CCCCCCCCC(CCCCCC)COC(=O)CCCC(=O)OCC(C)(C)C(C(=O)NCCC(=O)OCC1c2ccccc2-c2ccccc21)C(CCC(=O)O)(CC(CCCCCC)OC(=O)CCCCC1CCSS1)C(=O)O. The first-order valence-electron chi connectivity index (χ1n) is 30.9. The summed E-state index contributed by atoms with van der Waals surface area (Å²) in [6, 6.07) is 15.9.